The van der Waals surface area contributed by atoms with Gasteiger partial charge in [-0.25, -0.2) is 4.98 Å². The third-order valence-corrected chi connectivity index (χ3v) is 3.41. The molecule has 1 saturated heterocycles. The van der Waals surface area contributed by atoms with Gasteiger partial charge in [0.1, 0.15) is 5.82 Å². The molecule has 1 aromatic heterocycles. The second-order valence-corrected chi connectivity index (χ2v) is 4.99. The molecule has 1 N–H and O–H groups in total. The highest BCUT2D eigenvalue weighted by Gasteiger charge is 2.24. The van der Waals surface area contributed by atoms with E-state index in [1.807, 2.05) is 4.90 Å². The first-order valence-electron chi connectivity index (χ1n) is 7.17. The largest absolute Gasteiger partial charge is 0.333 e. The Morgan fingerprint density at radius 3 is 2.58 bits per heavy atom. The molecule has 1 fully saturated rings. The molecule has 0 atom stereocenters. The van der Waals surface area contributed by atoms with Crippen LogP contribution in [0.2, 0.25) is 0 Å². The number of aromatic nitrogens is 3. The predicted octanol–water partition coefficient (Wildman–Crippen LogP) is 0.925. The van der Waals surface area contributed by atoms with Crippen molar-refractivity contribution in [1.82, 2.24) is 25.0 Å². The Morgan fingerprint density at radius 1 is 1.21 bits per heavy atom. The fraction of sp³-hybridized carbons (Fsp3) is 0.769. The number of nitrogens with one attached hydrogen (secondary N) is 1. The van der Waals surface area contributed by atoms with E-state index in [-0.39, 0.29) is 5.91 Å². The Morgan fingerprint density at radius 2 is 1.95 bits per heavy atom. The minimum Gasteiger partial charge on any atom is -0.333 e. The SMILES string of the molecule is CCCc1nc(C(=O)N2CCN(CCC)CC2)n[nH]1. The Kier molecular flexibility index (Phi) is 4.90. The van der Waals surface area contributed by atoms with Crippen molar-refractivity contribution >= 4 is 5.91 Å². The van der Waals surface area contributed by atoms with Crippen LogP contribution in [0.1, 0.15) is 43.1 Å². The van der Waals surface area contributed by atoms with E-state index in [2.05, 4.69) is 33.9 Å². The number of amides is 1. The zero-order valence-electron chi connectivity index (χ0n) is 11.9. The Hall–Kier alpha value is -1.43. The van der Waals surface area contributed by atoms with Crippen LogP contribution in [0.25, 0.3) is 0 Å². The lowest BCUT2D eigenvalue weighted by Gasteiger charge is -2.33. The minimum atomic E-state index is -0.0465. The van der Waals surface area contributed by atoms with Crippen molar-refractivity contribution in [2.45, 2.75) is 33.1 Å². The van der Waals surface area contributed by atoms with E-state index in [4.69, 9.17) is 0 Å². The zero-order chi connectivity index (χ0) is 13.7. The van der Waals surface area contributed by atoms with Crippen LogP contribution in [0.3, 0.4) is 0 Å². The summed E-state index contributed by atoms with van der Waals surface area (Å²) in [6, 6.07) is 0. The van der Waals surface area contributed by atoms with Crippen molar-refractivity contribution in [3.63, 3.8) is 0 Å². The Labute approximate surface area is 114 Å². The first kappa shape index (κ1) is 14.0. The molecule has 0 aromatic carbocycles. The number of carbonyl (C=O) groups excluding carboxylic acids is 1. The lowest BCUT2D eigenvalue weighted by molar-refractivity contribution is 0.0626. The summed E-state index contributed by atoms with van der Waals surface area (Å²) in [6.45, 7) is 8.82. The molecule has 19 heavy (non-hydrogen) atoms. The van der Waals surface area contributed by atoms with Gasteiger partial charge in [0, 0.05) is 32.6 Å². The molecule has 1 aliphatic heterocycles. The monoisotopic (exact) mass is 265 g/mol. The molecule has 0 aliphatic carbocycles. The molecule has 1 aliphatic rings. The van der Waals surface area contributed by atoms with E-state index in [0.29, 0.717) is 5.82 Å². The molecule has 2 rings (SSSR count). The molecule has 106 valence electrons. The molecule has 1 aromatic rings. The second-order valence-electron chi connectivity index (χ2n) is 4.99. The van der Waals surface area contributed by atoms with E-state index in [0.717, 1.165) is 57.8 Å². The highest BCUT2D eigenvalue weighted by molar-refractivity contribution is 5.90. The highest BCUT2D eigenvalue weighted by Crippen LogP contribution is 2.07. The molecule has 1 amide bonds. The van der Waals surface area contributed by atoms with Crippen molar-refractivity contribution in [3.8, 4) is 0 Å². The number of nitrogens with zero attached hydrogens (tertiary/aromatic N) is 4. The number of H-pyrrole nitrogens is 1. The fourth-order valence-corrected chi connectivity index (χ4v) is 2.37. The number of rotatable bonds is 5. The van der Waals surface area contributed by atoms with Gasteiger partial charge in [-0.1, -0.05) is 13.8 Å². The Balaban J connectivity index is 1.89. The molecule has 2 heterocycles. The van der Waals surface area contributed by atoms with Crippen LogP contribution in [0.4, 0.5) is 0 Å². The first-order chi connectivity index (χ1) is 9.24. The third kappa shape index (κ3) is 3.53. The summed E-state index contributed by atoms with van der Waals surface area (Å²) < 4.78 is 0. The van der Waals surface area contributed by atoms with Crippen LogP contribution < -0.4 is 0 Å². The van der Waals surface area contributed by atoms with Crippen molar-refractivity contribution < 1.29 is 4.79 Å². The fourth-order valence-electron chi connectivity index (χ4n) is 2.37. The van der Waals surface area contributed by atoms with E-state index in [9.17, 15) is 4.79 Å². The summed E-state index contributed by atoms with van der Waals surface area (Å²) >= 11 is 0. The number of hydrogen-bond acceptors (Lipinski definition) is 4. The minimum absolute atomic E-state index is 0.0465. The van der Waals surface area contributed by atoms with Gasteiger partial charge in [-0.05, 0) is 19.4 Å². The molecule has 0 unspecified atom stereocenters. The van der Waals surface area contributed by atoms with Crippen molar-refractivity contribution in [1.29, 1.82) is 0 Å². The van der Waals surface area contributed by atoms with Crippen LogP contribution >= 0.6 is 0 Å². The lowest BCUT2D eigenvalue weighted by atomic mass is 10.3. The first-order valence-corrected chi connectivity index (χ1v) is 7.17. The van der Waals surface area contributed by atoms with Crippen LogP contribution in [0.15, 0.2) is 0 Å². The molecular weight excluding hydrogens is 242 g/mol. The van der Waals surface area contributed by atoms with Gasteiger partial charge < -0.3 is 4.90 Å². The molecule has 0 saturated carbocycles. The molecule has 0 radical (unpaired) electrons. The topological polar surface area (TPSA) is 65.1 Å². The Bertz CT molecular complexity index is 409. The second kappa shape index (κ2) is 6.65. The maximum Gasteiger partial charge on any atom is 0.293 e. The van der Waals surface area contributed by atoms with Crippen molar-refractivity contribution in [2.75, 3.05) is 32.7 Å². The molecule has 0 spiro atoms. The number of hydrogen-bond donors (Lipinski definition) is 1. The number of aromatic amines is 1. The van der Waals surface area contributed by atoms with Crippen LogP contribution in [0, 0.1) is 0 Å². The standard InChI is InChI=1S/C13H23N5O/c1-3-5-11-14-12(16-15-11)13(19)18-9-7-17(6-4-2)8-10-18/h3-10H2,1-2H3,(H,14,15,16). The molecule has 0 bridgehead atoms. The summed E-state index contributed by atoms with van der Waals surface area (Å²) in [7, 11) is 0. The van der Waals surface area contributed by atoms with Crippen molar-refractivity contribution in [2.24, 2.45) is 0 Å². The maximum absolute atomic E-state index is 12.2. The van der Waals surface area contributed by atoms with Gasteiger partial charge in [-0.3, -0.25) is 14.8 Å². The zero-order valence-corrected chi connectivity index (χ0v) is 11.9. The summed E-state index contributed by atoms with van der Waals surface area (Å²) in [6.07, 6.45) is 3.00. The lowest BCUT2D eigenvalue weighted by Crippen LogP contribution is -2.49. The predicted molar refractivity (Wildman–Crippen MR) is 73.0 cm³/mol. The average Bonchev–Trinajstić information content (AvgIpc) is 2.88. The summed E-state index contributed by atoms with van der Waals surface area (Å²) in [5, 5.41) is 6.86. The van der Waals surface area contributed by atoms with Gasteiger partial charge >= 0.3 is 0 Å². The number of aryl methyl sites for hydroxylation is 1. The van der Waals surface area contributed by atoms with E-state index >= 15 is 0 Å². The van der Waals surface area contributed by atoms with E-state index < -0.39 is 0 Å². The van der Waals surface area contributed by atoms with Gasteiger partial charge in [0.25, 0.3) is 5.91 Å². The summed E-state index contributed by atoms with van der Waals surface area (Å²) in [5.41, 5.74) is 0. The highest BCUT2D eigenvalue weighted by atomic mass is 16.2. The van der Waals surface area contributed by atoms with Gasteiger partial charge in [-0.15, -0.1) is 5.10 Å². The van der Waals surface area contributed by atoms with Crippen LogP contribution in [-0.2, 0) is 6.42 Å². The van der Waals surface area contributed by atoms with E-state index in [1.165, 1.54) is 0 Å². The van der Waals surface area contributed by atoms with Gasteiger partial charge in [0.05, 0.1) is 0 Å². The van der Waals surface area contributed by atoms with Gasteiger partial charge in [0.15, 0.2) is 0 Å². The third-order valence-electron chi connectivity index (χ3n) is 3.41. The smallest absolute Gasteiger partial charge is 0.293 e. The van der Waals surface area contributed by atoms with E-state index in [1.54, 1.807) is 0 Å². The average molecular weight is 265 g/mol. The normalized spacial score (nSPS) is 16.8. The van der Waals surface area contributed by atoms with Crippen LogP contribution in [-0.4, -0.2) is 63.6 Å². The molecular formula is C13H23N5O. The molecule has 6 nitrogen and oxygen atoms in total. The molecule has 6 heteroatoms. The summed E-state index contributed by atoms with van der Waals surface area (Å²) in [5.74, 6) is 1.07. The van der Waals surface area contributed by atoms with Gasteiger partial charge in [-0.2, -0.15) is 0 Å². The van der Waals surface area contributed by atoms with Gasteiger partial charge in [0.2, 0.25) is 5.82 Å². The summed E-state index contributed by atoms with van der Waals surface area (Å²) in [4.78, 5) is 20.7. The quantitative estimate of drug-likeness (QED) is 0.860. The number of piperazine rings is 1. The maximum atomic E-state index is 12.2. The van der Waals surface area contributed by atoms with Crippen LogP contribution in [0.5, 0.6) is 0 Å². The van der Waals surface area contributed by atoms with Crippen molar-refractivity contribution in [3.05, 3.63) is 11.6 Å². The number of carbonyl (C=O) groups is 1.